The van der Waals surface area contributed by atoms with E-state index in [2.05, 4.69) is 20.9 Å². The summed E-state index contributed by atoms with van der Waals surface area (Å²) >= 11 is 4.92. The lowest BCUT2D eigenvalue weighted by Gasteiger charge is -1.85. The van der Waals surface area contributed by atoms with E-state index in [1.54, 1.807) is 17.5 Å². The Hall–Kier alpha value is -0.320. The number of halogens is 2. The lowest BCUT2D eigenvalue weighted by atomic mass is 10.4. The molecule has 12 heavy (non-hydrogen) atoms. The van der Waals surface area contributed by atoms with Gasteiger partial charge in [-0.05, 0) is 28.1 Å². The van der Waals surface area contributed by atoms with Crippen molar-refractivity contribution in [3.8, 4) is 0 Å². The Morgan fingerprint density at radius 3 is 2.92 bits per heavy atom. The van der Waals surface area contributed by atoms with E-state index in [9.17, 15) is 0 Å². The van der Waals surface area contributed by atoms with Gasteiger partial charge in [-0.3, -0.25) is 4.98 Å². The van der Waals surface area contributed by atoms with Gasteiger partial charge >= 0.3 is 0 Å². The molecule has 0 aliphatic heterocycles. The van der Waals surface area contributed by atoms with Crippen molar-refractivity contribution < 1.29 is 0 Å². The molecule has 0 unspecified atom stereocenters. The Labute approximate surface area is 88.3 Å². The number of fused-ring (bicyclic) bond motifs is 1. The van der Waals surface area contributed by atoms with Crippen LogP contribution in [-0.4, -0.2) is 4.98 Å². The predicted octanol–water partition coefficient (Wildman–Crippen LogP) is 3.06. The van der Waals surface area contributed by atoms with Crippen LogP contribution in [0.25, 0.3) is 10.2 Å². The van der Waals surface area contributed by atoms with Crippen LogP contribution in [0.15, 0.2) is 22.8 Å². The van der Waals surface area contributed by atoms with Gasteiger partial charge in [0.2, 0.25) is 0 Å². The number of thiophene rings is 1. The monoisotopic (exact) mass is 264 g/mol. The normalized spacial score (nSPS) is 9.75. The first kappa shape index (κ1) is 9.77. The van der Waals surface area contributed by atoms with Crippen molar-refractivity contribution in [3.63, 3.8) is 0 Å². The first-order valence-electron chi connectivity index (χ1n) is 3.07. The minimum absolute atomic E-state index is 0. The van der Waals surface area contributed by atoms with Crippen LogP contribution in [0.5, 0.6) is 0 Å². The molecule has 0 fully saturated rings. The largest absolute Gasteiger partial charge is 0.390 e. The number of rotatable bonds is 0. The summed E-state index contributed by atoms with van der Waals surface area (Å²) in [5.74, 6) is 0. The fourth-order valence-electron chi connectivity index (χ4n) is 0.918. The molecule has 5 heteroatoms. The molecule has 2 N–H and O–H groups in total. The lowest BCUT2D eigenvalue weighted by molar-refractivity contribution is 1.42. The Morgan fingerprint density at radius 1 is 1.50 bits per heavy atom. The number of aromatic nitrogens is 1. The summed E-state index contributed by atoms with van der Waals surface area (Å²) < 4.78 is 2.04. The Kier molecular flexibility index (Phi) is 2.93. The van der Waals surface area contributed by atoms with Crippen LogP contribution in [0.3, 0.4) is 0 Å². The highest BCUT2D eigenvalue weighted by Gasteiger charge is 2.05. The topological polar surface area (TPSA) is 38.9 Å². The van der Waals surface area contributed by atoms with E-state index in [-0.39, 0.29) is 12.4 Å². The fourth-order valence-corrected chi connectivity index (χ4v) is 2.43. The van der Waals surface area contributed by atoms with Gasteiger partial charge in [-0.25, -0.2) is 0 Å². The number of pyridine rings is 1. The molecule has 2 aromatic heterocycles. The summed E-state index contributed by atoms with van der Waals surface area (Å²) in [5.41, 5.74) is 6.64. The van der Waals surface area contributed by atoms with E-state index in [0.29, 0.717) is 0 Å². The minimum Gasteiger partial charge on any atom is -0.390 e. The molecule has 0 spiro atoms. The smallest absolute Gasteiger partial charge is 0.103 e. The average molecular weight is 266 g/mol. The third-order valence-corrected chi connectivity index (χ3v) is 3.45. The van der Waals surface area contributed by atoms with E-state index in [0.717, 1.165) is 19.7 Å². The maximum Gasteiger partial charge on any atom is 0.103 e. The molecule has 0 aromatic carbocycles. The third kappa shape index (κ3) is 1.42. The molecule has 0 amide bonds. The molecular formula is C7H6BrClN2S. The quantitative estimate of drug-likeness (QED) is 0.795. The van der Waals surface area contributed by atoms with E-state index in [4.69, 9.17) is 5.73 Å². The molecule has 0 radical (unpaired) electrons. The maximum atomic E-state index is 5.68. The second-order valence-electron chi connectivity index (χ2n) is 2.13. The summed E-state index contributed by atoms with van der Waals surface area (Å²) in [5, 5.41) is 0.790. The van der Waals surface area contributed by atoms with Crippen LogP contribution < -0.4 is 5.73 Å². The summed E-state index contributed by atoms with van der Waals surface area (Å²) in [7, 11) is 0. The Balaban J connectivity index is 0.000000720. The molecule has 2 rings (SSSR count). The first-order chi connectivity index (χ1) is 5.29. The molecular weight excluding hydrogens is 260 g/mol. The van der Waals surface area contributed by atoms with E-state index < -0.39 is 0 Å². The van der Waals surface area contributed by atoms with Crippen molar-refractivity contribution in [2.45, 2.75) is 0 Å². The van der Waals surface area contributed by atoms with Gasteiger partial charge in [-0.1, -0.05) is 0 Å². The Morgan fingerprint density at radius 2 is 2.25 bits per heavy atom. The second kappa shape index (κ2) is 3.60. The van der Waals surface area contributed by atoms with Crippen LogP contribution in [0, 0.1) is 0 Å². The summed E-state index contributed by atoms with van der Waals surface area (Å²) in [6.07, 6.45) is 1.76. The summed E-state index contributed by atoms with van der Waals surface area (Å²) in [6, 6.07) is 3.92. The van der Waals surface area contributed by atoms with Crippen LogP contribution in [0.2, 0.25) is 0 Å². The van der Waals surface area contributed by atoms with Crippen LogP contribution >= 0.6 is 39.7 Å². The molecule has 0 bridgehead atoms. The molecule has 0 aliphatic carbocycles. The zero-order valence-corrected chi connectivity index (χ0v) is 9.17. The van der Waals surface area contributed by atoms with Crippen LogP contribution in [0.4, 0.5) is 5.00 Å². The zero-order chi connectivity index (χ0) is 7.84. The van der Waals surface area contributed by atoms with Gasteiger partial charge in [-0.2, -0.15) is 0 Å². The number of nitrogens with zero attached hydrogens (tertiary/aromatic N) is 1. The van der Waals surface area contributed by atoms with Crippen molar-refractivity contribution in [1.29, 1.82) is 0 Å². The van der Waals surface area contributed by atoms with Crippen molar-refractivity contribution in [3.05, 3.63) is 22.8 Å². The highest BCUT2D eigenvalue weighted by atomic mass is 79.9. The van der Waals surface area contributed by atoms with Crippen molar-refractivity contribution >= 4 is 54.9 Å². The van der Waals surface area contributed by atoms with Gasteiger partial charge in [0.05, 0.1) is 14.7 Å². The van der Waals surface area contributed by atoms with Gasteiger partial charge in [0.15, 0.2) is 0 Å². The first-order valence-corrected chi connectivity index (χ1v) is 4.68. The third-order valence-electron chi connectivity index (χ3n) is 1.41. The molecule has 64 valence electrons. The maximum absolute atomic E-state index is 5.68. The van der Waals surface area contributed by atoms with Gasteiger partial charge in [-0.15, -0.1) is 23.7 Å². The highest BCUT2D eigenvalue weighted by Crippen LogP contribution is 2.35. The predicted molar refractivity (Wildman–Crippen MR) is 59.0 cm³/mol. The number of hydrogen-bond acceptors (Lipinski definition) is 3. The molecule has 2 heterocycles. The summed E-state index contributed by atoms with van der Waals surface area (Å²) in [4.78, 5) is 4.19. The number of hydrogen-bond donors (Lipinski definition) is 1. The molecule has 0 atom stereocenters. The van der Waals surface area contributed by atoms with Crippen molar-refractivity contribution in [2.24, 2.45) is 0 Å². The second-order valence-corrected chi connectivity index (χ2v) is 4.01. The minimum atomic E-state index is 0. The van der Waals surface area contributed by atoms with E-state index in [1.165, 1.54) is 0 Å². The van der Waals surface area contributed by atoms with Gasteiger partial charge in [0, 0.05) is 6.20 Å². The number of nitrogen functional groups attached to an aromatic ring is 1. The van der Waals surface area contributed by atoms with Gasteiger partial charge < -0.3 is 5.73 Å². The van der Waals surface area contributed by atoms with Crippen molar-refractivity contribution in [2.75, 3.05) is 5.73 Å². The van der Waals surface area contributed by atoms with Crippen LogP contribution in [-0.2, 0) is 0 Å². The molecule has 2 nitrogen and oxygen atoms in total. The van der Waals surface area contributed by atoms with Crippen LogP contribution in [0.1, 0.15) is 0 Å². The average Bonchev–Trinajstić information content (AvgIpc) is 2.30. The zero-order valence-electron chi connectivity index (χ0n) is 5.95. The molecule has 0 aliphatic rings. The van der Waals surface area contributed by atoms with Gasteiger partial charge in [0.1, 0.15) is 5.00 Å². The SMILES string of the molecule is Cl.Nc1sc2cccnc2c1Br. The number of nitrogens with two attached hydrogens (primary N) is 1. The highest BCUT2D eigenvalue weighted by molar-refractivity contribution is 9.10. The van der Waals surface area contributed by atoms with Crippen molar-refractivity contribution in [1.82, 2.24) is 4.98 Å². The molecule has 2 aromatic rings. The summed E-state index contributed by atoms with van der Waals surface area (Å²) in [6.45, 7) is 0. The van der Waals surface area contributed by atoms with E-state index in [1.807, 2.05) is 12.1 Å². The Bertz CT molecular complexity index is 401. The number of anilines is 1. The molecule has 0 saturated carbocycles. The van der Waals surface area contributed by atoms with Gasteiger partial charge in [0.25, 0.3) is 0 Å². The van der Waals surface area contributed by atoms with E-state index >= 15 is 0 Å². The molecule has 0 saturated heterocycles. The standard InChI is InChI=1S/C7H5BrN2S.ClH/c8-5-6-4(11-7(5)9)2-1-3-10-6;/h1-3H,9H2;1H. The lowest BCUT2D eigenvalue weighted by Crippen LogP contribution is -1.77. The fraction of sp³-hybridized carbons (Fsp3) is 0.